The quantitative estimate of drug-likeness (QED) is 0.161. The van der Waals surface area contributed by atoms with Gasteiger partial charge in [-0.3, -0.25) is 19.2 Å². The minimum absolute atomic E-state index is 0.0473. The van der Waals surface area contributed by atoms with Gasteiger partial charge in [-0.15, -0.1) is 13.2 Å². The van der Waals surface area contributed by atoms with Crippen molar-refractivity contribution < 1.29 is 28.7 Å². The maximum absolute atomic E-state index is 14.1. The molecule has 0 aromatic carbocycles. The Morgan fingerprint density at radius 3 is 2.29 bits per heavy atom. The number of alkyl carbamates (subject to hydrolysis) is 1. The molecule has 1 saturated heterocycles. The zero-order valence-electron chi connectivity index (χ0n) is 24.0. The highest BCUT2D eigenvalue weighted by Gasteiger charge is 2.73. The first kappa shape index (κ1) is 33.3. The molecule has 3 aliphatic rings. The third-order valence-corrected chi connectivity index (χ3v) is 10.1. The number of allylic oxidation sites excluding steroid dienone is 1. The summed E-state index contributed by atoms with van der Waals surface area (Å²) in [6.45, 7) is 12.9. The number of likely N-dealkylation sites (tertiary alicyclic amines) is 1. The average molecular weight is 702 g/mol. The minimum atomic E-state index is -1.09. The standard InChI is InChI=1S/C29H42Br2N4O6/c1-6-8-14-19(23(36)25(38)32-15-7-2)33-24(37)22-20-18(29(20,30)31)16-35(22)26(39)21(17-12-10-9-11-13-17)34-27(40)41-28(3,4)5/h6-7,17-22H,1-2,8-16H2,3-5H3,(H,32,38)(H,33,37)(H,34,40)/t18-,19?,20-,21-,22-/m0/s1. The summed E-state index contributed by atoms with van der Waals surface area (Å²) >= 11 is 7.29. The number of alkyl halides is 2. The third-order valence-electron chi connectivity index (χ3n) is 7.87. The van der Waals surface area contributed by atoms with Gasteiger partial charge in [0.15, 0.2) is 0 Å². The number of Topliss-reactive ketones (excluding diaryl/α,β-unsaturated/α-hetero) is 1. The van der Waals surface area contributed by atoms with E-state index in [1.54, 1.807) is 26.8 Å². The SMILES string of the molecule is C=CCCC(NC(=O)[C@@H]1[C@@H]2[C@H](CN1C(=O)[C@@H](NC(=O)OC(C)(C)C)C1CCCCC1)C2(Br)Br)C(=O)C(=O)NCC=C. The number of rotatable bonds is 12. The van der Waals surface area contributed by atoms with Gasteiger partial charge in [0, 0.05) is 24.9 Å². The van der Waals surface area contributed by atoms with E-state index in [2.05, 4.69) is 61.0 Å². The zero-order valence-corrected chi connectivity index (χ0v) is 27.2. The average Bonchev–Trinajstić information content (AvgIpc) is 3.23. The van der Waals surface area contributed by atoms with Crippen LogP contribution in [0.1, 0.15) is 65.7 Å². The van der Waals surface area contributed by atoms with Crippen LogP contribution in [0, 0.1) is 17.8 Å². The Balaban J connectivity index is 1.85. The molecule has 0 spiro atoms. The highest BCUT2D eigenvalue weighted by Crippen LogP contribution is 2.67. The second-order valence-corrected chi connectivity index (χ2v) is 15.7. The number of nitrogens with zero attached hydrogens (tertiary/aromatic N) is 1. The predicted molar refractivity (Wildman–Crippen MR) is 162 cm³/mol. The van der Waals surface area contributed by atoms with Crippen molar-refractivity contribution in [2.75, 3.05) is 13.1 Å². The van der Waals surface area contributed by atoms with Crippen LogP contribution in [-0.4, -0.2) is 74.5 Å². The summed E-state index contributed by atoms with van der Waals surface area (Å²) in [5.41, 5.74) is -0.738. The first-order chi connectivity index (χ1) is 19.2. The molecule has 3 N–H and O–H groups in total. The number of ketones is 1. The molecule has 3 fully saturated rings. The summed E-state index contributed by atoms with van der Waals surface area (Å²) in [5, 5.41) is 8.03. The number of hydrogen-bond donors (Lipinski definition) is 3. The van der Waals surface area contributed by atoms with Crippen molar-refractivity contribution >= 4 is 61.5 Å². The van der Waals surface area contributed by atoms with Gasteiger partial charge in [-0.1, -0.05) is 63.3 Å². The largest absolute Gasteiger partial charge is 0.444 e. The topological polar surface area (TPSA) is 134 Å². The summed E-state index contributed by atoms with van der Waals surface area (Å²) in [5.74, 6) is -2.86. The van der Waals surface area contributed by atoms with Gasteiger partial charge < -0.3 is 25.6 Å². The maximum atomic E-state index is 14.1. The Labute approximate surface area is 259 Å². The third kappa shape index (κ3) is 8.21. The van der Waals surface area contributed by atoms with Gasteiger partial charge in [0.2, 0.25) is 17.6 Å². The molecule has 1 aliphatic heterocycles. The molecular weight excluding hydrogens is 660 g/mol. The van der Waals surface area contributed by atoms with Gasteiger partial charge in [-0.2, -0.15) is 0 Å². The maximum Gasteiger partial charge on any atom is 0.408 e. The molecule has 0 radical (unpaired) electrons. The smallest absolute Gasteiger partial charge is 0.408 e. The van der Waals surface area contributed by atoms with E-state index in [0.717, 1.165) is 32.1 Å². The molecule has 2 aliphatic carbocycles. The van der Waals surface area contributed by atoms with E-state index < -0.39 is 50.7 Å². The van der Waals surface area contributed by atoms with Gasteiger partial charge in [0.05, 0.1) is 9.28 Å². The van der Waals surface area contributed by atoms with Crippen LogP contribution in [0.2, 0.25) is 0 Å². The van der Waals surface area contributed by atoms with E-state index in [4.69, 9.17) is 4.74 Å². The fourth-order valence-corrected chi connectivity index (χ4v) is 7.55. The molecule has 5 atom stereocenters. The molecule has 1 unspecified atom stereocenters. The number of piperidine rings is 1. The lowest BCUT2D eigenvalue weighted by Gasteiger charge is -2.37. The van der Waals surface area contributed by atoms with Crippen molar-refractivity contribution in [3.63, 3.8) is 0 Å². The van der Waals surface area contributed by atoms with E-state index in [1.807, 2.05) is 0 Å². The molecule has 10 nitrogen and oxygen atoms in total. The normalized spacial score (nSPS) is 24.7. The Kier molecular flexibility index (Phi) is 11.2. The highest BCUT2D eigenvalue weighted by atomic mass is 79.9. The van der Waals surface area contributed by atoms with E-state index >= 15 is 0 Å². The Morgan fingerprint density at radius 1 is 1.05 bits per heavy atom. The minimum Gasteiger partial charge on any atom is -0.444 e. The summed E-state index contributed by atoms with van der Waals surface area (Å²) in [6.07, 6.45) is 7.50. The summed E-state index contributed by atoms with van der Waals surface area (Å²) < 4.78 is 4.94. The number of amides is 4. The molecule has 0 bridgehead atoms. The predicted octanol–water partition coefficient (Wildman–Crippen LogP) is 3.73. The summed E-state index contributed by atoms with van der Waals surface area (Å²) in [4.78, 5) is 67.6. The summed E-state index contributed by atoms with van der Waals surface area (Å²) in [7, 11) is 0. The lowest BCUT2D eigenvalue weighted by Crippen LogP contribution is -2.60. The molecule has 0 aromatic heterocycles. The second kappa shape index (κ2) is 13.8. The number of fused-ring (bicyclic) bond motifs is 1. The van der Waals surface area contributed by atoms with Gasteiger partial charge in [-0.05, 0) is 52.4 Å². The van der Waals surface area contributed by atoms with E-state index in [-0.39, 0.29) is 36.6 Å². The van der Waals surface area contributed by atoms with Crippen molar-refractivity contribution in [3.05, 3.63) is 25.3 Å². The van der Waals surface area contributed by atoms with Crippen LogP contribution >= 0.6 is 31.9 Å². The Hall–Kier alpha value is -2.21. The lowest BCUT2D eigenvalue weighted by atomic mass is 9.83. The van der Waals surface area contributed by atoms with Gasteiger partial charge in [0.1, 0.15) is 17.7 Å². The molecule has 1 heterocycles. The van der Waals surface area contributed by atoms with E-state index in [9.17, 15) is 24.0 Å². The van der Waals surface area contributed by atoms with Crippen LogP contribution in [0.5, 0.6) is 0 Å². The lowest BCUT2D eigenvalue weighted by molar-refractivity contribution is -0.144. The number of carbonyl (C=O) groups excluding carboxylic acids is 5. The van der Waals surface area contributed by atoms with Crippen molar-refractivity contribution in [1.82, 2.24) is 20.9 Å². The Morgan fingerprint density at radius 2 is 1.71 bits per heavy atom. The van der Waals surface area contributed by atoms with Crippen LogP contribution in [0.25, 0.3) is 0 Å². The summed E-state index contributed by atoms with van der Waals surface area (Å²) in [6, 6.07) is -2.84. The second-order valence-electron chi connectivity index (χ2n) is 12.1. The molecular formula is C29H42Br2N4O6. The van der Waals surface area contributed by atoms with Crippen LogP contribution < -0.4 is 16.0 Å². The number of nitrogens with one attached hydrogen (secondary N) is 3. The van der Waals surface area contributed by atoms with Crippen molar-refractivity contribution in [1.29, 1.82) is 0 Å². The molecule has 41 heavy (non-hydrogen) atoms. The first-order valence-corrected chi connectivity index (χ1v) is 15.8. The van der Waals surface area contributed by atoms with Crippen molar-refractivity contribution in [2.45, 2.75) is 92.7 Å². The molecule has 2 saturated carbocycles. The van der Waals surface area contributed by atoms with Crippen LogP contribution in [0.4, 0.5) is 4.79 Å². The van der Waals surface area contributed by atoms with Gasteiger partial charge in [-0.25, -0.2) is 4.79 Å². The molecule has 12 heteroatoms. The van der Waals surface area contributed by atoms with Gasteiger partial charge >= 0.3 is 6.09 Å². The highest BCUT2D eigenvalue weighted by molar-refractivity contribution is 9.25. The number of ether oxygens (including phenoxy) is 1. The van der Waals surface area contributed by atoms with Crippen molar-refractivity contribution in [3.8, 4) is 0 Å². The zero-order chi connectivity index (χ0) is 30.5. The van der Waals surface area contributed by atoms with Crippen LogP contribution in [0.15, 0.2) is 25.3 Å². The molecule has 3 rings (SSSR count). The van der Waals surface area contributed by atoms with E-state index in [1.165, 1.54) is 11.0 Å². The van der Waals surface area contributed by atoms with Crippen molar-refractivity contribution in [2.24, 2.45) is 17.8 Å². The van der Waals surface area contributed by atoms with Gasteiger partial charge in [0.25, 0.3) is 5.91 Å². The fourth-order valence-electron chi connectivity index (χ4n) is 5.82. The monoisotopic (exact) mass is 700 g/mol. The fraction of sp³-hybridized carbons (Fsp3) is 0.690. The first-order valence-electron chi connectivity index (χ1n) is 14.2. The molecule has 0 aromatic rings. The van der Waals surface area contributed by atoms with Crippen LogP contribution in [0.3, 0.4) is 0 Å². The number of halogens is 2. The van der Waals surface area contributed by atoms with Crippen LogP contribution in [-0.2, 0) is 23.9 Å². The number of hydrogen-bond acceptors (Lipinski definition) is 6. The molecule has 4 amide bonds. The Bertz CT molecular complexity index is 1050. The molecule has 228 valence electrons. The number of carbonyl (C=O) groups is 5. The van der Waals surface area contributed by atoms with E-state index in [0.29, 0.717) is 13.0 Å².